The molecular weight excluding hydrogens is 325 g/mol. The maximum absolute atomic E-state index is 12.0. The molecule has 1 heterocycles. The minimum Gasteiger partial charge on any atom is -0.356 e. The second-order valence-electron chi connectivity index (χ2n) is 5.34. The van der Waals surface area contributed by atoms with E-state index in [2.05, 4.69) is 16.0 Å². The average Bonchev–Trinajstić information content (AvgIpc) is 2.36. The molecule has 1 aliphatic heterocycles. The van der Waals surface area contributed by atoms with Crippen LogP contribution in [0.2, 0.25) is 5.02 Å². The zero-order chi connectivity index (χ0) is 15.2. The number of rotatable bonds is 6. The molecule has 7 heteroatoms. The summed E-state index contributed by atoms with van der Waals surface area (Å²) in [7, 11) is 0. The summed E-state index contributed by atoms with van der Waals surface area (Å²) in [6, 6.07) is 6.82. The van der Waals surface area contributed by atoms with Crippen molar-refractivity contribution < 1.29 is 9.59 Å². The predicted octanol–water partition coefficient (Wildman–Crippen LogP) is 1.66. The number of amides is 2. The fourth-order valence-electron chi connectivity index (χ4n) is 2.20. The van der Waals surface area contributed by atoms with Crippen molar-refractivity contribution in [2.75, 3.05) is 19.6 Å². The molecule has 122 valence electrons. The van der Waals surface area contributed by atoms with Crippen LogP contribution in [-0.2, 0) is 9.59 Å². The van der Waals surface area contributed by atoms with E-state index in [4.69, 9.17) is 11.6 Å². The summed E-state index contributed by atoms with van der Waals surface area (Å²) in [4.78, 5) is 23.3. The molecule has 1 aromatic rings. The van der Waals surface area contributed by atoms with Gasteiger partial charge in [-0.2, -0.15) is 0 Å². The highest BCUT2D eigenvalue weighted by atomic mass is 35.5. The van der Waals surface area contributed by atoms with E-state index in [0.29, 0.717) is 17.5 Å². The number of nitrogens with one attached hydrogen (secondary N) is 3. The molecule has 22 heavy (non-hydrogen) atoms. The molecule has 0 aromatic heterocycles. The fraction of sp³-hybridized carbons (Fsp3) is 0.467. The van der Waals surface area contributed by atoms with Crippen molar-refractivity contribution in [2.45, 2.75) is 19.4 Å². The van der Waals surface area contributed by atoms with Crippen LogP contribution in [0.3, 0.4) is 0 Å². The van der Waals surface area contributed by atoms with E-state index in [-0.39, 0.29) is 36.7 Å². The van der Waals surface area contributed by atoms with Gasteiger partial charge in [-0.25, -0.2) is 0 Å². The minimum absolute atomic E-state index is 0. The van der Waals surface area contributed by atoms with Crippen molar-refractivity contribution in [2.24, 2.45) is 5.92 Å². The van der Waals surface area contributed by atoms with Gasteiger partial charge in [0.1, 0.15) is 0 Å². The zero-order valence-electron chi connectivity index (χ0n) is 12.4. The lowest BCUT2D eigenvalue weighted by molar-refractivity contribution is -0.123. The van der Waals surface area contributed by atoms with Crippen LogP contribution in [0.4, 0.5) is 0 Å². The molecule has 1 unspecified atom stereocenters. The van der Waals surface area contributed by atoms with E-state index in [1.807, 2.05) is 12.1 Å². The summed E-state index contributed by atoms with van der Waals surface area (Å²) in [6.07, 6.45) is 0.224. The minimum atomic E-state index is -0.334. The third-order valence-corrected chi connectivity index (χ3v) is 3.75. The largest absolute Gasteiger partial charge is 0.356 e. The Balaban J connectivity index is 0.00000242. The Morgan fingerprint density at radius 2 is 1.95 bits per heavy atom. The number of carbonyl (C=O) groups excluding carboxylic acids is 2. The Bertz CT molecular complexity index is 504. The maximum Gasteiger partial charge on any atom is 0.222 e. The summed E-state index contributed by atoms with van der Waals surface area (Å²) < 4.78 is 0. The van der Waals surface area contributed by atoms with Crippen molar-refractivity contribution >= 4 is 35.8 Å². The molecule has 0 radical (unpaired) electrons. The maximum atomic E-state index is 12.0. The Kier molecular flexibility index (Phi) is 7.65. The molecule has 2 amide bonds. The van der Waals surface area contributed by atoms with E-state index in [0.717, 1.165) is 18.7 Å². The highest BCUT2D eigenvalue weighted by Gasteiger charge is 2.20. The summed E-state index contributed by atoms with van der Waals surface area (Å²) in [5.41, 5.74) is 0.870. The van der Waals surface area contributed by atoms with E-state index < -0.39 is 0 Å². The Morgan fingerprint density at radius 3 is 2.45 bits per heavy atom. The highest BCUT2D eigenvalue weighted by Crippen LogP contribution is 2.19. The third-order valence-electron chi connectivity index (χ3n) is 3.49. The molecule has 0 bridgehead atoms. The second kappa shape index (κ2) is 8.98. The molecular formula is C15H21Cl2N3O2. The van der Waals surface area contributed by atoms with E-state index in [1.54, 1.807) is 12.1 Å². The molecule has 1 saturated heterocycles. The van der Waals surface area contributed by atoms with Crippen LogP contribution in [0, 0.1) is 5.92 Å². The van der Waals surface area contributed by atoms with E-state index in [9.17, 15) is 9.59 Å². The van der Waals surface area contributed by atoms with Gasteiger partial charge < -0.3 is 16.0 Å². The van der Waals surface area contributed by atoms with Crippen LogP contribution in [0.15, 0.2) is 24.3 Å². The molecule has 0 saturated carbocycles. The van der Waals surface area contributed by atoms with Crippen LogP contribution in [0.5, 0.6) is 0 Å². The lowest BCUT2D eigenvalue weighted by Crippen LogP contribution is -2.48. The lowest BCUT2D eigenvalue weighted by atomic mass is 10.0. The lowest BCUT2D eigenvalue weighted by Gasteiger charge is -2.27. The SMILES string of the molecule is CC(=O)NC(CC(=O)NCC1CNC1)c1ccc(Cl)cc1.Cl. The normalized spacial score (nSPS) is 15.2. The van der Waals surface area contributed by atoms with Crippen LogP contribution in [-0.4, -0.2) is 31.4 Å². The zero-order valence-corrected chi connectivity index (χ0v) is 14.0. The Hall–Kier alpha value is -1.30. The number of hydrogen-bond acceptors (Lipinski definition) is 3. The number of benzene rings is 1. The quantitative estimate of drug-likeness (QED) is 0.734. The number of carbonyl (C=O) groups is 2. The standard InChI is InChI=1S/C15H20ClN3O2.ClH/c1-10(20)19-14(12-2-4-13(16)5-3-12)6-15(21)18-9-11-7-17-8-11;/h2-5,11,14,17H,6-9H2,1H3,(H,18,21)(H,19,20);1H. The van der Waals surface area contributed by atoms with E-state index >= 15 is 0 Å². The van der Waals surface area contributed by atoms with Crippen molar-refractivity contribution in [3.05, 3.63) is 34.9 Å². The Labute approximate surface area is 141 Å². The topological polar surface area (TPSA) is 70.2 Å². The van der Waals surface area contributed by atoms with Gasteiger partial charge in [0.2, 0.25) is 11.8 Å². The van der Waals surface area contributed by atoms with Gasteiger partial charge in [-0.05, 0) is 17.7 Å². The molecule has 5 nitrogen and oxygen atoms in total. The highest BCUT2D eigenvalue weighted by molar-refractivity contribution is 6.30. The van der Waals surface area contributed by atoms with E-state index in [1.165, 1.54) is 6.92 Å². The molecule has 3 N–H and O–H groups in total. The second-order valence-corrected chi connectivity index (χ2v) is 5.77. The number of hydrogen-bond donors (Lipinski definition) is 3. The van der Waals surface area contributed by atoms with Crippen molar-refractivity contribution in [3.8, 4) is 0 Å². The smallest absolute Gasteiger partial charge is 0.222 e. The average molecular weight is 346 g/mol. The van der Waals surface area contributed by atoms with Gasteiger partial charge in [-0.3, -0.25) is 9.59 Å². The van der Waals surface area contributed by atoms with Crippen LogP contribution in [0.1, 0.15) is 24.9 Å². The fourth-order valence-corrected chi connectivity index (χ4v) is 2.33. The molecule has 1 aliphatic rings. The molecule has 0 aliphatic carbocycles. The van der Waals surface area contributed by atoms with Crippen molar-refractivity contribution in [1.29, 1.82) is 0 Å². The number of halogens is 2. The first-order chi connectivity index (χ1) is 10.0. The van der Waals surface area contributed by atoms with Gasteiger partial charge in [0, 0.05) is 37.5 Å². The molecule has 2 rings (SSSR count). The van der Waals surface area contributed by atoms with Crippen molar-refractivity contribution in [1.82, 2.24) is 16.0 Å². The predicted molar refractivity (Wildman–Crippen MR) is 89.2 cm³/mol. The molecule has 1 atom stereocenters. The summed E-state index contributed by atoms with van der Waals surface area (Å²) in [5.74, 6) is 0.297. The van der Waals surface area contributed by atoms with Crippen LogP contribution >= 0.6 is 24.0 Å². The molecule has 1 aromatic carbocycles. The Morgan fingerprint density at radius 1 is 1.32 bits per heavy atom. The van der Waals surface area contributed by atoms with Gasteiger partial charge in [0.15, 0.2) is 0 Å². The van der Waals surface area contributed by atoms with Gasteiger partial charge in [0.05, 0.1) is 12.5 Å². The first-order valence-electron chi connectivity index (χ1n) is 7.04. The molecule has 1 fully saturated rings. The third kappa shape index (κ3) is 5.83. The van der Waals surface area contributed by atoms with Gasteiger partial charge in [-0.1, -0.05) is 23.7 Å². The van der Waals surface area contributed by atoms with Gasteiger partial charge in [-0.15, -0.1) is 12.4 Å². The monoisotopic (exact) mass is 345 g/mol. The van der Waals surface area contributed by atoms with Gasteiger partial charge >= 0.3 is 0 Å². The summed E-state index contributed by atoms with van der Waals surface area (Å²) in [5, 5.41) is 9.51. The molecule has 0 spiro atoms. The first kappa shape index (κ1) is 18.7. The van der Waals surface area contributed by atoms with Gasteiger partial charge in [0.25, 0.3) is 0 Å². The van der Waals surface area contributed by atoms with Crippen molar-refractivity contribution in [3.63, 3.8) is 0 Å². The van der Waals surface area contributed by atoms with Crippen LogP contribution in [0.25, 0.3) is 0 Å². The summed E-state index contributed by atoms with van der Waals surface area (Å²) >= 11 is 5.86. The summed E-state index contributed by atoms with van der Waals surface area (Å²) in [6.45, 7) is 4.03. The first-order valence-corrected chi connectivity index (χ1v) is 7.42. The van der Waals surface area contributed by atoms with Crippen LogP contribution < -0.4 is 16.0 Å².